The molecule has 0 saturated heterocycles. The number of ether oxygens (including phenoxy) is 2. The van der Waals surface area contributed by atoms with Crippen molar-refractivity contribution < 1.29 is 24.2 Å². The van der Waals surface area contributed by atoms with Crippen LogP contribution in [0.4, 0.5) is 4.79 Å². The van der Waals surface area contributed by atoms with Crippen LogP contribution < -0.4 is 5.32 Å². The molecule has 0 aliphatic heterocycles. The maximum atomic E-state index is 11.7. The minimum atomic E-state index is -0.858. The third-order valence-electron chi connectivity index (χ3n) is 3.61. The number of rotatable bonds is 11. The largest absolute Gasteiger partial charge is 0.481 e. The van der Waals surface area contributed by atoms with Gasteiger partial charge in [0.25, 0.3) is 0 Å². The van der Waals surface area contributed by atoms with Crippen LogP contribution in [-0.2, 0) is 14.3 Å². The summed E-state index contributed by atoms with van der Waals surface area (Å²) in [4.78, 5) is 23.0. The molecule has 0 aromatic heterocycles. The Labute approximate surface area is 146 Å². The average molecular weight is 345 g/mol. The first-order valence-electron chi connectivity index (χ1n) is 8.90. The van der Waals surface area contributed by atoms with E-state index in [4.69, 9.17) is 9.47 Å². The number of hydrogen-bond acceptors (Lipinski definition) is 4. The maximum Gasteiger partial charge on any atom is 0.407 e. The molecule has 0 radical (unpaired) electrons. The third kappa shape index (κ3) is 11.3. The molecule has 0 fully saturated rings. The van der Waals surface area contributed by atoms with Gasteiger partial charge in [-0.1, -0.05) is 32.6 Å². The van der Waals surface area contributed by atoms with Crippen LogP contribution in [0.3, 0.4) is 0 Å². The molecule has 0 aromatic rings. The van der Waals surface area contributed by atoms with Crippen molar-refractivity contribution in [2.45, 2.75) is 91.4 Å². The summed E-state index contributed by atoms with van der Waals surface area (Å²) < 4.78 is 11.0. The molecule has 0 spiro atoms. The molecule has 24 heavy (non-hydrogen) atoms. The molecule has 0 rings (SSSR count). The summed E-state index contributed by atoms with van der Waals surface area (Å²) in [6.07, 6.45) is 4.18. The summed E-state index contributed by atoms with van der Waals surface area (Å²) in [6.45, 7) is 11.3. The van der Waals surface area contributed by atoms with E-state index in [1.807, 2.05) is 6.92 Å². The van der Waals surface area contributed by atoms with E-state index >= 15 is 0 Å². The van der Waals surface area contributed by atoms with Crippen molar-refractivity contribution in [3.63, 3.8) is 0 Å². The van der Waals surface area contributed by atoms with E-state index in [1.165, 1.54) is 0 Å². The normalized spacial score (nSPS) is 15.4. The number of carbonyl (C=O) groups is 2. The Morgan fingerprint density at radius 3 is 2.25 bits per heavy atom. The highest BCUT2D eigenvalue weighted by Gasteiger charge is 2.25. The molecule has 0 heterocycles. The van der Waals surface area contributed by atoms with E-state index in [9.17, 15) is 14.7 Å². The van der Waals surface area contributed by atoms with Gasteiger partial charge in [-0.15, -0.1) is 0 Å². The SMILES string of the molecule is CCCCCC[C@@H](OC[C@@H](C)NC(=O)OC(C)(C)C)[C@H](C)C(=O)O. The summed E-state index contributed by atoms with van der Waals surface area (Å²) in [5.41, 5.74) is -0.551. The number of unbranched alkanes of at least 4 members (excludes halogenated alkanes) is 3. The molecular formula is C18H35NO5. The predicted molar refractivity (Wildman–Crippen MR) is 94.1 cm³/mol. The van der Waals surface area contributed by atoms with Crippen molar-refractivity contribution >= 4 is 12.1 Å². The lowest BCUT2D eigenvalue weighted by Crippen LogP contribution is -2.41. The van der Waals surface area contributed by atoms with Gasteiger partial charge in [-0.3, -0.25) is 4.79 Å². The van der Waals surface area contributed by atoms with Crippen molar-refractivity contribution in [1.29, 1.82) is 0 Å². The second kappa shape index (κ2) is 11.3. The standard InChI is InChI=1S/C18H35NO5/c1-7-8-9-10-11-15(14(3)16(20)21)23-12-13(2)19-17(22)24-18(4,5)6/h13-15H,7-12H2,1-6H3,(H,19,22)(H,20,21)/t13-,14+,15-/m1/s1. The van der Waals surface area contributed by atoms with Gasteiger partial charge in [-0.05, 0) is 41.0 Å². The molecular weight excluding hydrogens is 310 g/mol. The number of aliphatic carboxylic acids is 1. The molecule has 3 atom stereocenters. The number of nitrogens with one attached hydrogen (secondary N) is 1. The maximum absolute atomic E-state index is 11.7. The molecule has 0 aromatic carbocycles. The monoisotopic (exact) mass is 345 g/mol. The Morgan fingerprint density at radius 2 is 1.75 bits per heavy atom. The molecule has 2 N–H and O–H groups in total. The highest BCUT2D eigenvalue weighted by Crippen LogP contribution is 2.17. The lowest BCUT2D eigenvalue weighted by atomic mass is 9.98. The van der Waals surface area contributed by atoms with Gasteiger partial charge in [0.05, 0.1) is 24.7 Å². The molecule has 6 nitrogen and oxygen atoms in total. The third-order valence-corrected chi connectivity index (χ3v) is 3.61. The van der Waals surface area contributed by atoms with Crippen molar-refractivity contribution in [2.75, 3.05) is 6.61 Å². The van der Waals surface area contributed by atoms with Crippen LogP contribution in [0.5, 0.6) is 0 Å². The van der Waals surface area contributed by atoms with Crippen LogP contribution in [0.2, 0.25) is 0 Å². The number of amides is 1. The molecule has 0 unspecified atom stereocenters. The van der Waals surface area contributed by atoms with Gasteiger partial charge in [-0.25, -0.2) is 4.79 Å². The fraction of sp³-hybridized carbons (Fsp3) is 0.889. The van der Waals surface area contributed by atoms with Gasteiger partial charge in [0.2, 0.25) is 0 Å². The number of hydrogen-bond donors (Lipinski definition) is 2. The fourth-order valence-corrected chi connectivity index (χ4v) is 2.23. The number of carboxylic acid groups (broad SMARTS) is 1. The van der Waals surface area contributed by atoms with E-state index in [0.717, 1.165) is 25.7 Å². The second-order valence-corrected chi connectivity index (χ2v) is 7.40. The molecule has 0 aliphatic carbocycles. The smallest absolute Gasteiger partial charge is 0.407 e. The summed E-state index contributed by atoms with van der Waals surface area (Å²) in [7, 11) is 0. The minimum absolute atomic E-state index is 0.251. The Hall–Kier alpha value is -1.30. The number of carboxylic acids is 1. The Bertz CT molecular complexity index is 378. The first-order valence-corrected chi connectivity index (χ1v) is 8.90. The van der Waals surface area contributed by atoms with Crippen LogP contribution in [0.1, 0.15) is 73.6 Å². The molecule has 1 amide bonds. The molecule has 0 aliphatic rings. The van der Waals surface area contributed by atoms with Gasteiger partial charge in [-0.2, -0.15) is 0 Å². The molecule has 6 heteroatoms. The molecule has 0 saturated carbocycles. The van der Waals surface area contributed by atoms with Gasteiger partial charge in [0, 0.05) is 0 Å². The van der Waals surface area contributed by atoms with E-state index < -0.39 is 23.6 Å². The summed E-state index contributed by atoms with van der Waals surface area (Å²) in [6, 6.07) is -0.251. The quantitative estimate of drug-likeness (QED) is 0.553. The summed E-state index contributed by atoms with van der Waals surface area (Å²) >= 11 is 0. The lowest BCUT2D eigenvalue weighted by Gasteiger charge is -2.25. The fourth-order valence-electron chi connectivity index (χ4n) is 2.23. The van der Waals surface area contributed by atoms with Crippen LogP contribution in [0, 0.1) is 5.92 Å². The van der Waals surface area contributed by atoms with Crippen molar-refractivity contribution in [1.82, 2.24) is 5.32 Å². The zero-order chi connectivity index (χ0) is 18.8. The van der Waals surface area contributed by atoms with Crippen LogP contribution in [0.25, 0.3) is 0 Å². The number of carbonyl (C=O) groups excluding carboxylic acids is 1. The second-order valence-electron chi connectivity index (χ2n) is 7.40. The summed E-state index contributed by atoms with van der Waals surface area (Å²) in [5.74, 6) is -1.43. The summed E-state index contributed by atoms with van der Waals surface area (Å²) in [5, 5.41) is 11.9. The Morgan fingerprint density at radius 1 is 1.12 bits per heavy atom. The van der Waals surface area contributed by atoms with Gasteiger partial charge < -0.3 is 19.9 Å². The highest BCUT2D eigenvalue weighted by molar-refractivity contribution is 5.70. The Balaban J connectivity index is 4.36. The van der Waals surface area contributed by atoms with Crippen molar-refractivity contribution in [2.24, 2.45) is 5.92 Å². The predicted octanol–water partition coefficient (Wildman–Crippen LogP) is 3.98. The topological polar surface area (TPSA) is 84.9 Å². The lowest BCUT2D eigenvalue weighted by molar-refractivity contribution is -0.147. The van der Waals surface area contributed by atoms with E-state index in [2.05, 4.69) is 12.2 Å². The van der Waals surface area contributed by atoms with Crippen LogP contribution >= 0.6 is 0 Å². The number of alkyl carbamates (subject to hydrolysis) is 1. The van der Waals surface area contributed by atoms with Gasteiger partial charge in [0.15, 0.2) is 0 Å². The van der Waals surface area contributed by atoms with E-state index in [1.54, 1.807) is 27.7 Å². The van der Waals surface area contributed by atoms with Crippen LogP contribution in [-0.4, -0.2) is 41.5 Å². The van der Waals surface area contributed by atoms with Crippen LogP contribution in [0.15, 0.2) is 0 Å². The minimum Gasteiger partial charge on any atom is -0.481 e. The molecule has 0 bridgehead atoms. The van der Waals surface area contributed by atoms with Crippen molar-refractivity contribution in [3.05, 3.63) is 0 Å². The Kier molecular flexibility index (Phi) is 10.7. The van der Waals surface area contributed by atoms with E-state index in [-0.39, 0.29) is 18.8 Å². The van der Waals surface area contributed by atoms with Gasteiger partial charge in [0.1, 0.15) is 5.60 Å². The molecule has 142 valence electrons. The first-order chi connectivity index (χ1) is 11.1. The van der Waals surface area contributed by atoms with Crippen molar-refractivity contribution in [3.8, 4) is 0 Å². The zero-order valence-corrected chi connectivity index (χ0v) is 16.1. The average Bonchev–Trinajstić information content (AvgIpc) is 2.43. The highest BCUT2D eigenvalue weighted by atomic mass is 16.6. The van der Waals surface area contributed by atoms with E-state index in [0.29, 0.717) is 6.42 Å². The zero-order valence-electron chi connectivity index (χ0n) is 16.1. The first kappa shape index (κ1) is 22.7. The van der Waals surface area contributed by atoms with Gasteiger partial charge >= 0.3 is 12.1 Å².